The Morgan fingerprint density at radius 2 is 1.83 bits per heavy atom. The SMILES string of the molecule is COc1ccc2c(c1)CN(C[C@H]1CN[C@H](C)CN1CC(=O)N1CC(C)(C)c3ccc(Cc4ccc(F)cc4)cc31)C2=O. The van der Waals surface area contributed by atoms with Crippen molar-refractivity contribution >= 4 is 17.5 Å². The normalized spacial score (nSPS) is 21.4. The molecule has 220 valence electrons. The number of carbonyl (C=O) groups is 2. The van der Waals surface area contributed by atoms with Crippen molar-refractivity contribution < 1.29 is 18.7 Å². The largest absolute Gasteiger partial charge is 0.497 e. The van der Waals surface area contributed by atoms with E-state index in [1.165, 1.54) is 17.7 Å². The third kappa shape index (κ3) is 5.53. The summed E-state index contributed by atoms with van der Waals surface area (Å²) in [6.07, 6.45) is 0.672. The summed E-state index contributed by atoms with van der Waals surface area (Å²) in [5, 5.41) is 3.55. The summed E-state index contributed by atoms with van der Waals surface area (Å²) < 4.78 is 18.8. The van der Waals surface area contributed by atoms with E-state index in [1.54, 1.807) is 19.2 Å². The summed E-state index contributed by atoms with van der Waals surface area (Å²) >= 11 is 0. The first kappa shape index (κ1) is 28.4. The quantitative estimate of drug-likeness (QED) is 0.457. The topological polar surface area (TPSA) is 65.1 Å². The fourth-order valence-corrected chi connectivity index (χ4v) is 6.66. The van der Waals surface area contributed by atoms with Gasteiger partial charge < -0.3 is 19.9 Å². The zero-order valence-corrected chi connectivity index (χ0v) is 24.8. The zero-order chi connectivity index (χ0) is 29.6. The Balaban J connectivity index is 1.18. The number of fused-ring (bicyclic) bond motifs is 2. The fourth-order valence-electron chi connectivity index (χ4n) is 6.66. The monoisotopic (exact) mass is 570 g/mol. The molecule has 0 spiro atoms. The van der Waals surface area contributed by atoms with Gasteiger partial charge in [0.05, 0.1) is 13.7 Å². The number of rotatable bonds is 7. The van der Waals surface area contributed by atoms with Crippen LogP contribution in [-0.2, 0) is 23.2 Å². The van der Waals surface area contributed by atoms with Crippen LogP contribution in [0.4, 0.5) is 10.1 Å². The number of ether oxygens (including phenoxy) is 1. The van der Waals surface area contributed by atoms with Crippen LogP contribution >= 0.6 is 0 Å². The molecule has 1 saturated heterocycles. The molecule has 0 radical (unpaired) electrons. The third-order valence-corrected chi connectivity index (χ3v) is 8.95. The van der Waals surface area contributed by atoms with Crippen LogP contribution in [0.1, 0.15) is 53.4 Å². The zero-order valence-electron chi connectivity index (χ0n) is 24.8. The van der Waals surface area contributed by atoms with E-state index in [0.717, 1.165) is 40.2 Å². The molecule has 3 aliphatic heterocycles. The molecule has 1 fully saturated rings. The van der Waals surface area contributed by atoms with E-state index in [0.29, 0.717) is 32.6 Å². The van der Waals surface area contributed by atoms with Gasteiger partial charge in [0, 0.05) is 61.5 Å². The van der Waals surface area contributed by atoms with Gasteiger partial charge in [0.15, 0.2) is 0 Å². The van der Waals surface area contributed by atoms with E-state index in [-0.39, 0.29) is 41.7 Å². The highest BCUT2D eigenvalue weighted by atomic mass is 19.1. The summed E-state index contributed by atoms with van der Waals surface area (Å²) in [6, 6.07) is 18.8. The minimum absolute atomic E-state index is 0.0187. The second kappa shape index (κ2) is 11.2. The molecule has 6 rings (SSSR count). The first-order valence-electron chi connectivity index (χ1n) is 14.7. The second-order valence-corrected chi connectivity index (χ2v) is 12.6. The molecule has 2 amide bonds. The average Bonchev–Trinajstić information content (AvgIpc) is 3.42. The van der Waals surface area contributed by atoms with Gasteiger partial charge in [-0.15, -0.1) is 0 Å². The number of carbonyl (C=O) groups excluding carboxylic acids is 2. The summed E-state index contributed by atoms with van der Waals surface area (Å²) in [4.78, 5) is 33.3. The molecule has 3 aliphatic rings. The van der Waals surface area contributed by atoms with E-state index >= 15 is 0 Å². The molecule has 3 aromatic rings. The molecule has 42 heavy (non-hydrogen) atoms. The first-order valence-corrected chi connectivity index (χ1v) is 14.7. The van der Waals surface area contributed by atoms with Gasteiger partial charge in [0.1, 0.15) is 11.6 Å². The Morgan fingerprint density at radius 3 is 2.60 bits per heavy atom. The van der Waals surface area contributed by atoms with Gasteiger partial charge in [-0.05, 0) is 72.0 Å². The van der Waals surface area contributed by atoms with Crippen molar-refractivity contribution in [2.75, 3.05) is 44.7 Å². The van der Waals surface area contributed by atoms with Gasteiger partial charge in [-0.2, -0.15) is 0 Å². The highest BCUT2D eigenvalue weighted by Crippen LogP contribution is 2.41. The van der Waals surface area contributed by atoms with Crippen molar-refractivity contribution in [2.24, 2.45) is 0 Å². The van der Waals surface area contributed by atoms with Crippen molar-refractivity contribution in [1.29, 1.82) is 0 Å². The predicted molar refractivity (Wildman–Crippen MR) is 162 cm³/mol. The molecule has 1 N–H and O–H groups in total. The van der Waals surface area contributed by atoms with Crippen LogP contribution in [0.3, 0.4) is 0 Å². The molecule has 0 aromatic heterocycles. The summed E-state index contributed by atoms with van der Waals surface area (Å²) in [5.41, 5.74) is 5.79. The number of hydrogen-bond acceptors (Lipinski definition) is 5. The van der Waals surface area contributed by atoms with E-state index in [4.69, 9.17) is 4.74 Å². The van der Waals surface area contributed by atoms with Crippen LogP contribution in [0.2, 0.25) is 0 Å². The molecule has 3 heterocycles. The standard InChI is InChI=1S/C34H39FN4O3/c1-22-17-37(27(16-36-22)19-38-18-25-15-28(42-4)10-11-29(25)33(38)41)20-32(40)39-21-34(2,3)30-12-7-24(14-31(30)39)13-23-5-8-26(35)9-6-23/h5-12,14-15,22,27,36H,13,16-21H2,1-4H3/t22-,27-/m1/s1. The lowest BCUT2D eigenvalue weighted by Gasteiger charge is -2.41. The van der Waals surface area contributed by atoms with E-state index < -0.39 is 0 Å². The number of halogens is 1. The van der Waals surface area contributed by atoms with Gasteiger partial charge in [-0.1, -0.05) is 38.1 Å². The van der Waals surface area contributed by atoms with Crippen LogP contribution in [0, 0.1) is 5.82 Å². The average molecular weight is 571 g/mol. The molecule has 3 aromatic carbocycles. The molecule has 7 nitrogen and oxygen atoms in total. The second-order valence-electron chi connectivity index (χ2n) is 12.6. The molecule has 8 heteroatoms. The summed E-state index contributed by atoms with van der Waals surface area (Å²) in [6.45, 7) is 9.94. The van der Waals surface area contributed by atoms with Crippen molar-refractivity contribution in [3.63, 3.8) is 0 Å². The lowest BCUT2D eigenvalue weighted by molar-refractivity contribution is -0.120. The molecular weight excluding hydrogens is 531 g/mol. The van der Waals surface area contributed by atoms with E-state index in [1.807, 2.05) is 28.0 Å². The molecule has 0 bridgehead atoms. The van der Waals surface area contributed by atoms with Crippen molar-refractivity contribution in [3.8, 4) is 5.75 Å². The third-order valence-electron chi connectivity index (χ3n) is 8.95. The Hall–Kier alpha value is -3.75. The van der Waals surface area contributed by atoms with Crippen LogP contribution < -0.4 is 15.0 Å². The number of anilines is 1. The Bertz CT molecular complexity index is 1510. The van der Waals surface area contributed by atoms with Gasteiger partial charge in [0.25, 0.3) is 5.91 Å². The fraction of sp³-hybridized carbons (Fsp3) is 0.412. The Labute approximate surface area is 247 Å². The minimum Gasteiger partial charge on any atom is -0.497 e. The molecule has 0 aliphatic carbocycles. The van der Waals surface area contributed by atoms with E-state index in [9.17, 15) is 14.0 Å². The highest BCUT2D eigenvalue weighted by Gasteiger charge is 2.40. The van der Waals surface area contributed by atoms with Crippen molar-refractivity contribution in [2.45, 2.75) is 51.2 Å². The lowest BCUT2D eigenvalue weighted by atomic mass is 9.86. The maximum Gasteiger partial charge on any atom is 0.254 e. The Kier molecular flexibility index (Phi) is 7.53. The summed E-state index contributed by atoms with van der Waals surface area (Å²) in [5.74, 6) is 0.603. The van der Waals surface area contributed by atoms with Gasteiger partial charge in [0.2, 0.25) is 5.91 Å². The number of hydrogen-bond donors (Lipinski definition) is 1. The molecular formula is C34H39FN4O3. The maximum absolute atomic E-state index is 14.0. The van der Waals surface area contributed by atoms with Gasteiger partial charge >= 0.3 is 0 Å². The van der Waals surface area contributed by atoms with Gasteiger partial charge in [-0.25, -0.2) is 4.39 Å². The van der Waals surface area contributed by atoms with Gasteiger partial charge in [-0.3, -0.25) is 14.5 Å². The number of piperazine rings is 1. The number of benzene rings is 3. The first-order chi connectivity index (χ1) is 20.1. The number of nitrogens with one attached hydrogen (secondary N) is 1. The Morgan fingerprint density at radius 1 is 1.07 bits per heavy atom. The molecule has 2 atom stereocenters. The number of nitrogens with zero attached hydrogens (tertiary/aromatic N) is 3. The predicted octanol–water partition coefficient (Wildman–Crippen LogP) is 4.37. The van der Waals surface area contributed by atoms with E-state index in [2.05, 4.69) is 49.2 Å². The van der Waals surface area contributed by atoms with Crippen LogP contribution in [-0.4, -0.2) is 73.5 Å². The molecule has 0 unspecified atom stereocenters. The smallest absolute Gasteiger partial charge is 0.254 e. The van der Waals surface area contributed by atoms with Crippen molar-refractivity contribution in [3.05, 3.63) is 94.3 Å². The van der Waals surface area contributed by atoms with Crippen LogP contribution in [0.15, 0.2) is 60.7 Å². The highest BCUT2D eigenvalue weighted by molar-refractivity contribution is 5.99. The summed E-state index contributed by atoms with van der Waals surface area (Å²) in [7, 11) is 1.63. The van der Waals surface area contributed by atoms with Crippen LogP contribution in [0.5, 0.6) is 5.75 Å². The minimum atomic E-state index is -0.245. The lowest BCUT2D eigenvalue weighted by Crippen LogP contribution is -2.60. The van der Waals surface area contributed by atoms with Crippen LogP contribution in [0.25, 0.3) is 0 Å². The number of amides is 2. The van der Waals surface area contributed by atoms with Crippen molar-refractivity contribution in [1.82, 2.24) is 15.1 Å². The molecule has 0 saturated carbocycles. The maximum atomic E-state index is 14.0. The number of methoxy groups -OCH3 is 1.